The Balaban J connectivity index is 2.32. The topological polar surface area (TPSA) is 41.6 Å². The van der Waals surface area contributed by atoms with Gasteiger partial charge in [-0.05, 0) is 64.4 Å². The Kier molecular flexibility index (Phi) is 8.37. The van der Waals surface area contributed by atoms with Crippen molar-refractivity contribution in [3.63, 3.8) is 0 Å². The van der Waals surface area contributed by atoms with Crippen molar-refractivity contribution in [2.24, 2.45) is 0 Å². The van der Waals surface area contributed by atoms with Gasteiger partial charge < -0.3 is 15.0 Å². The molecule has 0 fully saturated rings. The van der Waals surface area contributed by atoms with Crippen LogP contribution in [0.3, 0.4) is 0 Å². The van der Waals surface area contributed by atoms with E-state index in [2.05, 4.69) is 21.2 Å². The minimum absolute atomic E-state index is 0.252. The van der Waals surface area contributed by atoms with Gasteiger partial charge in [0.05, 0.1) is 0 Å². The van der Waals surface area contributed by atoms with Crippen LogP contribution in [0.25, 0.3) is 0 Å². The van der Waals surface area contributed by atoms with Gasteiger partial charge in [0.25, 0.3) is 0 Å². The zero-order chi connectivity index (χ0) is 17.5. The van der Waals surface area contributed by atoms with Gasteiger partial charge in [0, 0.05) is 29.1 Å². The second-order valence-corrected chi connectivity index (χ2v) is 7.62. The minimum atomic E-state index is -0.457. The third-order valence-electron chi connectivity index (χ3n) is 3.14. The average Bonchev–Trinajstić information content (AvgIpc) is 2.44. The lowest BCUT2D eigenvalue weighted by Crippen LogP contribution is -2.38. The largest absolute Gasteiger partial charge is 0.444 e. The highest BCUT2D eigenvalue weighted by atomic mass is 79.9. The van der Waals surface area contributed by atoms with Crippen LogP contribution in [-0.4, -0.2) is 36.2 Å². The highest BCUT2D eigenvalue weighted by Crippen LogP contribution is 2.20. The fourth-order valence-electron chi connectivity index (χ4n) is 2.00. The molecule has 0 radical (unpaired) electrons. The van der Waals surface area contributed by atoms with E-state index < -0.39 is 5.60 Å². The fraction of sp³-hybridized carbons (Fsp3) is 0.588. The van der Waals surface area contributed by atoms with E-state index in [-0.39, 0.29) is 6.09 Å². The molecule has 1 rings (SSSR count). The normalized spacial score (nSPS) is 11.4. The zero-order valence-corrected chi connectivity index (χ0v) is 16.6. The molecule has 0 atom stereocenters. The van der Waals surface area contributed by atoms with Crippen molar-refractivity contribution in [1.82, 2.24) is 10.2 Å². The van der Waals surface area contributed by atoms with Crippen LogP contribution in [0.15, 0.2) is 22.7 Å². The number of carbonyl (C=O) groups is 1. The molecule has 0 bridgehead atoms. The van der Waals surface area contributed by atoms with E-state index in [4.69, 9.17) is 16.3 Å². The first-order chi connectivity index (χ1) is 10.7. The lowest BCUT2D eigenvalue weighted by atomic mass is 10.2. The minimum Gasteiger partial charge on any atom is -0.444 e. The van der Waals surface area contributed by atoms with Gasteiger partial charge in [-0.25, -0.2) is 4.79 Å². The number of benzene rings is 1. The smallest absolute Gasteiger partial charge is 0.410 e. The van der Waals surface area contributed by atoms with E-state index in [0.29, 0.717) is 13.1 Å². The molecule has 130 valence electrons. The number of hydrogen-bond acceptors (Lipinski definition) is 3. The monoisotopic (exact) mass is 404 g/mol. The molecule has 1 aromatic rings. The van der Waals surface area contributed by atoms with Gasteiger partial charge in [-0.1, -0.05) is 27.5 Å². The SMILES string of the molecule is CCN(CCCNCc1cc(Cl)ccc1Br)C(=O)OC(C)(C)C. The number of hydrogen-bond donors (Lipinski definition) is 1. The van der Waals surface area contributed by atoms with Crippen LogP contribution in [0.1, 0.15) is 39.7 Å². The lowest BCUT2D eigenvalue weighted by Gasteiger charge is -2.26. The number of nitrogens with zero attached hydrogens (tertiary/aromatic N) is 1. The third-order valence-corrected chi connectivity index (χ3v) is 4.15. The standard InChI is InChI=1S/C17H26BrClN2O2/c1-5-21(16(22)23-17(2,3)4)10-6-9-20-12-13-11-14(19)7-8-15(13)18/h7-8,11,20H,5-6,9-10,12H2,1-4H3. The summed E-state index contributed by atoms with van der Waals surface area (Å²) in [7, 11) is 0. The van der Waals surface area contributed by atoms with Crippen molar-refractivity contribution < 1.29 is 9.53 Å². The maximum atomic E-state index is 12.0. The van der Waals surface area contributed by atoms with Crippen molar-refractivity contribution in [1.29, 1.82) is 0 Å². The molecular weight excluding hydrogens is 380 g/mol. The van der Waals surface area contributed by atoms with Crippen LogP contribution < -0.4 is 5.32 Å². The summed E-state index contributed by atoms with van der Waals surface area (Å²) in [5, 5.41) is 4.10. The Morgan fingerprint density at radius 2 is 2.09 bits per heavy atom. The Labute approximate surface area is 152 Å². The van der Waals surface area contributed by atoms with E-state index in [0.717, 1.165) is 34.6 Å². The molecule has 1 N–H and O–H groups in total. The van der Waals surface area contributed by atoms with Crippen molar-refractivity contribution in [2.45, 2.75) is 46.3 Å². The van der Waals surface area contributed by atoms with Gasteiger partial charge in [0.15, 0.2) is 0 Å². The van der Waals surface area contributed by atoms with Crippen LogP contribution in [-0.2, 0) is 11.3 Å². The van der Waals surface area contributed by atoms with Gasteiger partial charge in [-0.2, -0.15) is 0 Å². The number of amides is 1. The first-order valence-corrected chi connectivity index (χ1v) is 9.02. The molecule has 0 spiro atoms. The molecule has 0 aromatic heterocycles. The summed E-state index contributed by atoms with van der Waals surface area (Å²) in [5.74, 6) is 0. The molecule has 23 heavy (non-hydrogen) atoms. The molecule has 0 aliphatic heterocycles. The van der Waals surface area contributed by atoms with Crippen molar-refractivity contribution in [3.05, 3.63) is 33.3 Å². The predicted octanol–water partition coefficient (Wildman–Crippen LogP) is 4.84. The van der Waals surface area contributed by atoms with E-state index >= 15 is 0 Å². The summed E-state index contributed by atoms with van der Waals surface area (Å²) < 4.78 is 6.43. The van der Waals surface area contributed by atoms with E-state index in [1.165, 1.54) is 0 Å². The zero-order valence-electron chi connectivity index (χ0n) is 14.3. The maximum absolute atomic E-state index is 12.0. The molecule has 0 heterocycles. The molecule has 1 amide bonds. The van der Waals surface area contributed by atoms with Gasteiger partial charge in [-0.15, -0.1) is 0 Å². The lowest BCUT2D eigenvalue weighted by molar-refractivity contribution is 0.0258. The number of nitrogens with one attached hydrogen (secondary N) is 1. The summed E-state index contributed by atoms with van der Waals surface area (Å²) >= 11 is 9.51. The summed E-state index contributed by atoms with van der Waals surface area (Å²) in [5.41, 5.74) is 0.665. The van der Waals surface area contributed by atoms with Gasteiger partial charge >= 0.3 is 6.09 Å². The van der Waals surface area contributed by atoms with Crippen LogP contribution in [0.2, 0.25) is 5.02 Å². The highest BCUT2D eigenvalue weighted by Gasteiger charge is 2.20. The molecule has 0 aliphatic carbocycles. The van der Waals surface area contributed by atoms with Crippen LogP contribution in [0.5, 0.6) is 0 Å². The predicted molar refractivity (Wildman–Crippen MR) is 99.0 cm³/mol. The van der Waals surface area contributed by atoms with Crippen molar-refractivity contribution in [3.8, 4) is 0 Å². The molecule has 0 saturated heterocycles. The molecule has 0 saturated carbocycles. The summed E-state index contributed by atoms with van der Waals surface area (Å²) in [6.45, 7) is 10.5. The van der Waals surface area contributed by atoms with E-state index in [9.17, 15) is 4.79 Å². The third kappa shape index (κ3) is 8.04. The van der Waals surface area contributed by atoms with Gasteiger partial charge in [0.1, 0.15) is 5.60 Å². The molecule has 0 aliphatic rings. The van der Waals surface area contributed by atoms with Crippen molar-refractivity contribution >= 4 is 33.6 Å². The Morgan fingerprint density at radius 3 is 2.70 bits per heavy atom. The van der Waals surface area contributed by atoms with Crippen LogP contribution in [0, 0.1) is 0 Å². The first kappa shape index (κ1) is 20.3. The quantitative estimate of drug-likeness (QED) is 0.660. The molecule has 4 nitrogen and oxygen atoms in total. The highest BCUT2D eigenvalue weighted by molar-refractivity contribution is 9.10. The summed E-state index contributed by atoms with van der Waals surface area (Å²) in [6.07, 6.45) is 0.614. The molecule has 6 heteroatoms. The fourth-order valence-corrected chi connectivity index (χ4v) is 2.58. The Morgan fingerprint density at radius 1 is 1.39 bits per heavy atom. The number of ether oxygens (including phenoxy) is 1. The Hall–Kier alpha value is -0.780. The average molecular weight is 406 g/mol. The van der Waals surface area contributed by atoms with Gasteiger partial charge in [-0.3, -0.25) is 0 Å². The van der Waals surface area contributed by atoms with Crippen molar-refractivity contribution in [2.75, 3.05) is 19.6 Å². The summed E-state index contributed by atoms with van der Waals surface area (Å²) in [4.78, 5) is 13.7. The number of halogens is 2. The van der Waals surface area contributed by atoms with E-state index in [1.54, 1.807) is 4.90 Å². The first-order valence-electron chi connectivity index (χ1n) is 7.85. The van der Waals surface area contributed by atoms with Gasteiger partial charge in [0.2, 0.25) is 0 Å². The van der Waals surface area contributed by atoms with Crippen LogP contribution >= 0.6 is 27.5 Å². The molecule has 1 aromatic carbocycles. The van der Waals surface area contributed by atoms with Crippen LogP contribution in [0.4, 0.5) is 4.79 Å². The maximum Gasteiger partial charge on any atom is 0.410 e. The summed E-state index contributed by atoms with van der Waals surface area (Å²) in [6, 6.07) is 5.74. The number of rotatable bonds is 7. The van der Waals surface area contributed by atoms with E-state index in [1.807, 2.05) is 45.9 Å². The number of carbonyl (C=O) groups excluding carboxylic acids is 1. The second kappa shape index (κ2) is 9.50. The Bertz CT molecular complexity index is 518. The molecule has 0 unspecified atom stereocenters. The second-order valence-electron chi connectivity index (χ2n) is 6.33. The molecular formula is C17H26BrClN2O2.